The van der Waals surface area contributed by atoms with Gasteiger partial charge in [0.1, 0.15) is 0 Å². The molecule has 0 heterocycles. The number of hydrogen-bond donors (Lipinski definition) is 3. The summed E-state index contributed by atoms with van der Waals surface area (Å²) >= 11 is 0. The van der Waals surface area contributed by atoms with Crippen molar-refractivity contribution >= 4 is 11.9 Å². The van der Waals surface area contributed by atoms with E-state index >= 15 is 0 Å². The number of rotatable bonds is 38. The number of unbranched alkanes of at least 4 members (excludes halogenated alkanes) is 21. The fourth-order valence-corrected chi connectivity index (χ4v) is 6.08. The molecule has 0 fully saturated rings. The maximum atomic E-state index is 12.3. The summed E-state index contributed by atoms with van der Waals surface area (Å²) in [5, 5.41) is 23.0. The Morgan fingerprint density at radius 3 is 1.62 bits per heavy atom. The molecule has 2 atom stereocenters. The Hall–Kier alpha value is -1.92. The third-order valence-corrected chi connectivity index (χ3v) is 9.39. The lowest BCUT2D eigenvalue weighted by atomic mass is 10.0. The lowest BCUT2D eigenvalue weighted by molar-refractivity contribution is -0.143. The lowest BCUT2D eigenvalue weighted by Gasteiger charge is -2.22. The number of amides is 1. The van der Waals surface area contributed by atoms with Crippen LogP contribution in [0, 0.1) is 0 Å². The van der Waals surface area contributed by atoms with E-state index in [1.165, 1.54) is 83.5 Å². The van der Waals surface area contributed by atoms with Gasteiger partial charge in [-0.3, -0.25) is 9.59 Å². The molecule has 0 aliphatic heterocycles. The first-order valence-corrected chi connectivity index (χ1v) is 21.2. The highest BCUT2D eigenvalue weighted by atomic mass is 16.5. The summed E-state index contributed by atoms with van der Waals surface area (Å²) in [7, 11) is 0. The van der Waals surface area contributed by atoms with E-state index in [0.29, 0.717) is 25.9 Å². The maximum absolute atomic E-state index is 12.3. The predicted octanol–water partition coefficient (Wildman–Crippen LogP) is 11.8. The molecule has 3 N–H and O–H groups in total. The zero-order chi connectivity index (χ0) is 36.6. The Morgan fingerprint density at radius 1 is 0.560 bits per heavy atom. The molecule has 0 saturated carbocycles. The zero-order valence-corrected chi connectivity index (χ0v) is 32.9. The molecule has 0 aromatic heterocycles. The molecule has 6 nitrogen and oxygen atoms in total. The number of ether oxygens (including phenoxy) is 1. The van der Waals surface area contributed by atoms with Crippen LogP contribution >= 0.6 is 0 Å². The SMILES string of the molecule is CCC/C=C\C/C=C\CCCCCCCC(=O)OCCCC/C=C\CCCCCCC(=O)NC(CO)C(O)CCCCCCCCCCCC. The number of esters is 1. The van der Waals surface area contributed by atoms with E-state index in [9.17, 15) is 19.8 Å². The normalized spacial score (nSPS) is 13.1. The van der Waals surface area contributed by atoms with Gasteiger partial charge in [0, 0.05) is 12.8 Å². The molecule has 0 bridgehead atoms. The highest BCUT2D eigenvalue weighted by Gasteiger charge is 2.20. The Bertz CT molecular complexity index is 823. The summed E-state index contributed by atoms with van der Waals surface area (Å²) in [5.74, 6) is -0.129. The van der Waals surface area contributed by atoms with Gasteiger partial charge in [-0.25, -0.2) is 0 Å². The number of aliphatic hydroxyl groups excluding tert-OH is 2. The standard InChI is InChI=1S/C44H81NO5/c1-3-5-7-9-11-13-15-16-17-22-26-30-34-38-44(49)50-39-35-31-27-23-19-18-21-25-29-33-37-43(48)45-41(40-46)42(47)36-32-28-24-20-14-12-10-8-6-4-2/h7,9,13,15,19,23,41-42,46-47H,3-6,8,10-12,14,16-18,20-22,24-40H2,1-2H3,(H,45,48)/b9-7-,15-13-,23-19-. The van der Waals surface area contributed by atoms with E-state index in [2.05, 4.69) is 55.6 Å². The van der Waals surface area contributed by atoms with Gasteiger partial charge in [-0.2, -0.15) is 0 Å². The van der Waals surface area contributed by atoms with Crippen LogP contribution in [0.15, 0.2) is 36.5 Å². The predicted molar refractivity (Wildman–Crippen MR) is 213 cm³/mol. The molecule has 6 heteroatoms. The molecule has 0 aromatic carbocycles. The average Bonchev–Trinajstić information content (AvgIpc) is 3.11. The molecule has 0 rings (SSSR count). The van der Waals surface area contributed by atoms with E-state index in [4.69, 9.17) is 4.74 Å². The summed E-state index contributed by atoms with van der Waals surface area (Å²) in [6.45, 7) is 4.75. The number of carbonyl (C=O) groups excluding carboxylic acids is 2. The minimum Gasteiger partial charge on any atom is -0.466 e. The van der Waals surface area contributed by atoms with E-state index in [1.807, 2.05) is 0 Å². The van der Waals surface area contributed by atoms with Crippen molar-refractivity contribution in [2.75, 3.05) is 13.2 Å². The van der Waals surface area contributed by atoms with E-state index in [0.717, 1.165) is 89.9 Å². The fourth-order valence-electron chi connectivity index (χ4n) is 6.08. The van der Waals surface area contributed by atoms with Gasteiger partial charge in [0.25, 0.3) is 0 Å². The highest BCUT2D eigenvalue weighted by molar-refractivity contribution is 5.76. The topological polar surface area (TPSA) is 95.9 Å². The monoisotopic (exact) mass is 704 g/mol. The summed E-state index contributed by atoms with van der Waals surface area (Å²) in [6.07, 6.45) is 45.3. The third kappa shape index (κ3) is 35.9. The summed E-state index contributed by atoms with van der Waals surface area (Å²) < 4.78 is 5.40. The molecular weight excluding hydrogens is 622 g/mol. The molecule has 50 heavy (non-hydrogen) atoms. The Balaban J connectivity index is 3.56. The van der Waals surface area contributed by atoms with Crippen molar-refractivity contribution in [3.63, 3.8) is 0 Å². The minimum atomic E-state index is -0.684. The van der Waals surface area contributed by atoms with Crippen LogP contribution in [0.1, 0.15) is 206 Å². The van der Waals surface area contributed by atoms with Crippen LogP contribution in [0.5, 0.6) is 0 Å². The first kappa shape index (κ1) is 48.1. The molecule has 0 aliphatic rings. The molecular formula is C44H81NO5. The molecule has 0 saturated heterocycles. The number of allylic oxidation sites excluding steroid dienone is 6. The first-order chi connectivity index (χ1) is 24.5. The van der Waals surface area contributed by atoms with Gasteiger partial charge in [0.15, 0.2) is 0 Å². The van der Waals surface area contributed by atoms with Crippen molar-refractivity contribution < 1.29 is 24.5 Å². The Kier molecular flexibility index (Phi) is 38.3. The van der Waals surface area contributed by atoms with Crippen LogP contribution in [-0.4, -0.2) is 47.4 Å². The summed E-state index contributed by atoms with van der Waals surface area (Å²) in [5.41, 5.74) is 0. The second kappa shape index (κ2) is 39.9. The quantitative estimate of drug-likeness (QED) is 0.0338. The number of nitrogens with one attached hydrogen (secondary N) is 1. The summed E-state index contributed by atoms with van der Waals surface area (Å²) in [6, 6.07) is -0.566. The maximum Gasteiger partial charge on any atom is 0.305 e. The van der Waals surface area contributed by atoms with Crippen molar-refractivity contribution in [3.8, 4) is 0 Å². The largest absolute Gasteiger partial charge is 0.466 e. The molecule has 292 valence electrons. The van der Waals surface area contributed by atoms with Gasteiger partial charge in [0.05, 0.1) is 25.4 Å². The van der Waals surface area contributed by atoms with Crippen molar-refractivity contribution in [1.82, 2.24) is 5.32 Å². The Morgan fingerprint density at radius 2 is 1.04 bits per heavy atom. The van der Waals surface area contributed by atoms with Gasteiger partial charge in [0.2, 0.25) is 5.91 Å². The fraction of sp³-hybridized carbons (Fsp3) is 0.818. The molecule has 1 amide bonds. The molecule has 0 radical (unpaired) electrons. The third-order valence-electron chi connectivity index (χ3n) is 9.39. The van der Waals surface area contributed by atoms with E-state index in [1.54, 1.807) is 0 Å². The first-order valence-electron chi connectivity index (χ1n) is 21.2. The van der Waals surface area contributed by atoms with Crippen LogP contribution in [0.25, 0.3) is 0 Å². The van der Waals surface area contributed by atoms with Crippen molar-refractivity contribution in [2.24, 2.45) is 0 Å². The van der Waals surface area contributed by atoms with Crippen LogP contribution in [-0.2, 0) is 14.3 Å². The van der Waals surface area contributed by atoms with Gasteiger partial charge in [-0.15, -0.1) is 0 Å². The highest BCUT2D eigenvalue weighted by Crippen LogP contribution is 2.14. The van der Waals surface area contributed by atoms with E-state index < -0.39 is 12.1 Å². The minimum absolute atomic E-state index is 0.0533. The number of carbonyl (C=O) groups is 2. The smallest absolute Gasteiger partial charge is 0.305 e. The zero-order valence-electron chi connectivity index (χ0n) is 32.9. The average molecular weight is 704 g/mol. The van der Waals surface area contributed by atoms with E-state index in [-0.39, 0.29) is 18.5 Å². The summed E-state index contributed by atoms with van der Waals surface area (Å²) in [4.78, 5) is 24.3. The van der Waals surface area contributed by atoms with Crippen LogP contribution in [0.3, 0.4) is 0 Å². The lowest BCUT2D eigenvalue weighted by Crippen LogP contribution is -2.45. The number of aliphatic hydroxyl groups is 2. The molecule has 0 aromatic rings. The van der Waals surface area contributed by atoms with Gasteiger partial charge >= 0.3 is 5.97 Å². The van der Waals surface area contributed by atoms with Crippen LogP contribution in [0.2, 0.25) is 0 Å². The second-order valence-electron chi connectivity index (χ2n) is 14.3. The Labute approximate surface area is 309 Å². The van der Waals surface area contributed by atoms with Crippen molar-refractivity contribution in [3.05, 3.63) is 36.5 Å². The van der Waals surface area contributed by atoms with Gasteiger partial charge in [-0.1, -0.05) is 153 Å². The van der Waals surface area contributed by atoms with Crippen molar-refractivity contribution in [2.45, 2.75) is 219 Å². The van der Waals surface area contributed by atoms with Gasteiger partial charge in [-0.05, 0) is 77.0 Å². The molecule has 0 spiro atoms. The molecule has 0 aliphatic carbocycles. The van der Waals surface area contributed by atoms with Crippen molar-refractivity contribution in [1.29, 1.82) is 0 Å². The van der Waals surface area contributed by atoms with Crippen LogP contribution in [0.4, 0.5) is 0 Å². The second-order valence-corrected chi connectivity index (χ2v) is 14.3. The molecule has 2 unspecified atom stereocenters. The van der Waals surface area contributed by atoms with Crippen LogP contribution < -0.4 is 5.32 Å². The van der Waals surface area contributed by atoms with Gasteiger partial charge < -0.3 is 20.3 Å². The number of hydrogen-bond acceptors (Lipinski definition) is 5.